The van der Waals surface area contributed by atoms with Crippen molar-refractivity contribution >= 4 is 17.5 Å². The first-order chi connectivity index (χ1) is 16.0. The van der Waals surface area contributed by atoms with Gasteiger partial charge in [0.1, 0.15) is 17.6 Å². The molecule has 3 aromatic rings. The zero-order chi connectivity index (χ0) is 24.6. The van der Waals surface area contributed by atoms with E-state index in [1.807, 2.05) is 0 Å². The Balaban J connectivity index is 1.53. The van der Waals surface area contributed by atoms with Crippen molar-refractivity contribution in [3.05, 3.63) is 64.9 Å². The van der Waals surface area contributed by atoms with Crippen molar-refractivity contribution < 1.29 is 27.2 Å². The van der Waals surface area contributed by atoms with Crippen LogP contribution >= 0.6 is 0 Å². The van der Waals surface area contributed by atoms with Crippen LogP contribution in [-0.4, -0.2) is 50.4 Å². The molecule has 2 amide bonds. The van der Waals surface area contributed by atoms with Gasteiger partial charge in [-0.05, 0) is 37.1 Å². The van der Waals surface area contributed by atoms with Crippen molar-refractivity contribution in [3.8, 4) is 0 Å². The molecule has 1 aliphatic rings. The lowest BCUT2D eigenvalue weighted by molar-refractivity contribution is -0.142. The number of nitrogens with one attached hydrogen (secondary N) is 1. The predicted octanol–water partition coefficient (Wildman–Crippen LogP) is 3.26. The number of halogens is 4. The average molecular weight is 477 g/mol. The van der Waals surface area contributed by atoms with Gasteiger partial charge in [-0.15, -0.1) is 0 Å². The summed E-state index contributed by atoms with van der Waals surface area (Å²) in [5.74, 6) is -1.36. The third kappa shape index (κ3) is 5.02. The number of hydrogen-bond donors (Lipinski definition) is 1. The topological polar surface area (TPSA) is 79.6 Å². The van der Waals surface area contributed by atoms with Crippen LogP contribution in [0, 0.1) is 12.7 Å². The molecule has 7 nitrogen and oxygen atoms in total. The van der Waals surface area contributed by atoms with Crippen LogP contribution in [0.1, 0.15) is 41.9 Å². The third-order valence-electron chi connectivity index (χ3n) is 5.81. The van der Waals surface area contributed by atoms with Crippen LogP contribution in [0.3, 0.4) is 0 Å². The largest absolute Gasteiger partial charge is 0.433 e. The Kier molecular flexibility index (Phi) is 6.28. The number of rotatable bonds is 5. The number of aromatic nitrogens is 3. The lowest BCUT2D eigenvalue weighted by Gasteiger charge is -2.24. The maximum Gasteiger partial charge on any atom is 0.433 e. The number of aryl methyl sites for hydroxylation is 1. The molecular weight excluding hydrogens is 454 g/mol. The molecule has 1 saturated heterocycles. The standard InChI is InChI=1S/C23H23F4N5O2/c1-13-9-20(23(25,26)27)32-21(28-13)11-18(30-32)16-7-8-31(12-16)22(34)19(29-14(2)33)10-15-3-5-17(24)6-4-15/h3-6,9,11,16,19H,7-8,10,12H2,1-2H3,(H,29,33)/t16-,19-/m1/s1. The van der Waals surface area contributed by atoms with E-state index in [-0.39, 0.29) is 42.0 Å². The van der Waals surface area contributed by atoms with E-state index in [0.717, 1.165) is 10.6 Å². The first-order valence-corrected chi connectivity index (χ1v) is 10.8. The van der Waals surface area contributed by atoms with Crippen LogP contribution < -0.4 is 5.32 Å². The van der Waals surface area contributed by atoms with Crippen LogP contribution in [0.4, 0.5) is 17.6 Å². The van der Waals surface area contributed by atoms with E-state index in [9.17, 15) is 27.2 Å². The first kappa shape index (κ1) is 23.7. The number of nitrogens with zero attached hydrogens (tertiary/aromatic N) is 4. The Hall–Kier alpha value is -3.50. The van der Waals surface area contributed by atoms with Gasteiger partial charge in [-0.1, -0.05) is 12.1 Å². The summed E-state index contributed by atoms with van der Waals surface area (Å²) in [4.78, 5) is 30.6. The Bertz CT molecular complexity index is 1220. The fraction of sp³-hybridized carbons (Fsp3) is 0.391. The lowest BCUT2D eigenvalue weighted by Crippen LogP contribution is -2.48. The Labute approximate surface area is 192 Å². The molecule has 1 aliphatic heterocycles. The molecule has 34 heavy (non-hydrogen) atoms. The fourth-order valence-electron chi connectivity index (χ4n) is 4.24. The third-order valence-corrected chi connectivity index (χ3v) is 5.81. The van der Waals surface area contributed by atoms with Gasteiger partial charge in [-0.2, -0.15) is 18.3 Å². The molecule has 0 spiro atoms. The molecule has 0 saturated carbocycles. The molecule has 0 bridgehead atoms. The van der Waals surface area contributed by atoms with E-state index >= 15 is 0 Å². The van der Waals surface area contributed by atoms with Crippen LogP contribution in [0.25, 0.3) is 5.65 Å². The molecule has 1 N–H and O–H groups in total. The monoisotopic (exact) mass is 477 g/mol. The summed E-state index contributed by atoms with van der Waals surface area (Å²) in [5, 5.41) is 6.80. The number of likely N-dealkylation sites (tertiary alicyclic amines) is 1. The number of benzene rings is 1. The molecule has 1 fully saturated rings. The molecule has 3 heterocycles. The summed E-state index contributed by atoms with van der Waals surface area (Å²) in [6.07, 6.45) is -3.88. The zero-order valence-corrected chi connectivity index (χ0v) is 18.6. The first-order valence-electron chi connectivity index (χ1n) is 10.8. The fourth-order valence-corrected chi connectivity index (χ4v) is 4.24. The highest BCUT2D eigenvalue weighted by Crippen LogP contribution is 2.32. The van der Waals surface area contributed by atoms with E-state index in [4.69, 9.17) is 0 Å². The highest BCUT2D eigenvalue weighted by atomic mass is 19.4. The second kappa shape index (κ2) is 9.03. The summed E-state index contributed by atoms with van der Waals surface area (Å²) in [6, 6.07) is 7.29. The molecule has 2 aromatic heterocycles. The van der Waals surface area contributed by atoms with Crippen LogP contribution in [0.15, 0.2) is 36.4 Å². The van der Waals surface area contributed by atoms with Crippen LogP contribution in [0.5, 0.6) is 0 Å². The van der Waals surface area contributed by atoms with E-state index in [0.29, 0.717) is 24.2 Å². The SMILES string of the molecule is CC(=O)N[C@H](Cc1ccc(F)cc1)C(=O)N1CC[C@@H](c2cc3nc(C)cc(C(F)(F)F)n3n2)C1. The molecule has 0 radical (unpaired) electrons. The summed E-state index contributed by atoms with van der Waals surface area (Å²) < 4.78 is 54.4. The number of carbonyl (C=O) groups excluding carboxylic acids is 2. The minimum absolute atomic E-state index is 0.0968. The molecule has 180 valence electrons. The highest BCUT2D eigenvalue weighted by Gasteiger charge is 2.37. The Morgan fingerprint density at radius 3 is 2.56 bits per heavy atom. The van der Waals surface area contributed by atoms with Gasteiger partial charge in [-0.3, -0.25) is 9.59 Å². The van der Waals surface area contributed by atoms with E-state index in [1.165, 1.54) is 32.0 Å². The van der Waals surface area contributed by atoms with Gasteiger partial charge in [0, 0.05) is 44.1 Å². The molecule has 0 aliphatic carbocycles. The van der Waals surface area contributed by atoms with Crippen LogP contribution in [-0.2, 0) is 22.2 Å². The molecule has 2 atom stereocenters. The van der Waals surface area contributed by atoms with Gasteiger partial charge >= 0.3 is 6.18 Å². The maximum atomic E-state index is 13.4. The average Bonchev–Trinajstić information content (AvgIpc) is 3.39. The smallest absolute Gasteiger partial charge is 0.344 e. The van der Waals surface area contributed by atoms with Gasteiger partial charge in [0.05, 0.1) is 5.69 Å². The normalized spacial score (nSPS) is 17.2. The van der Waals surface area contributed by atoms with Crippen molar-refractivity contribution in [1.82, 2.24) is 24.8 Å². The van der Waals surface area contributed by atoms with E-state index in [2.05, 4.69) is 15.4 Å². The number of hydrogen-bond acceptors (Lipinski definition) is 4. The Morgan fingerprint density at radius 1 is 1.21 bits per heavy atom. The highest BCUT2D eigenvalue weighted by molar-refractivity contribution is 5.87. The van der Waals surface area contributed by atoms with Crippen molar-refractivity contribution in [2.24, 2.45) is 0 Å². The Morgan fingerprint density at radius 2 is 1.91 bits per heavy atom. The van der Waals surface area contributed by atoms with Crippen molar-refractivity contribution in [2.75, 3.05) is 13.1 Å². The van der Waals surface area contributed by atoms with Gasteiger partial charge in [0.2, 0.25) is 11.8 Å². The molecule has 4 rings (SSSR count). The number of amides is 2. The quantitative estimate of drug-likeness (QED) is 0.573. The predicted molar refractivity (Wildman–Crippen MR) is 114 cm³/mol. The van der Waals surface area contributed by atoms with E-state index in [1.54, 1.807) is 17.0 Å². The van der Waals surface area contributed by atoms with Gasteiger partial charge < -0.3 is 10.2 Å². The van der Waals surface area contributed by atoms with Crippen molar-refractivity contribution in [2.45, 2.75) is 44.8 Å². The van der Waals surface area contributed by atoms with Gasteiger partial charge in [0.15, 0.2) is 5.65 Å². The number of alkyl halides is 3. The van der Waals surface area contributed by atoms with Gasteiger partial charge in [0.25, 0.3) is 0 Å². The second-order valence-corrected chi connectivity index (χ2v) is 8.47. The van der Waals surface area contributed by atoms with Crippen LogP contribution in [0.2, 0.25) is 0 Å². The summed E-state index contributed by atoms with van der Waals surface area (Å²) >= 11 is 0. The lowest BCUT2D eigenvalue weighted by atomic mass is 10.0. The number of carbonyl (C=O) groups is 2. The van der Waals surface area contributed by atoms with Crippen molar-refractivity contribution in [3.63, 3.8) is 0 Å². The molecule has 1 aromatic carbocycles. The zero-order valence-electron chi connectivity index (χ0n) is 18.6. The molecule has 0 unspecified atom stereocenters. The summed E-state index contributed by atoms with van der Waals surface area (Å²) in [7, 11) is 0. The second-order valence-electron chi connectivity index (χ2n) is 8.47. The minimum Gasteiger partial charge on any atom is -0.344 e. The molecule has 11 heteroatoms. The summed E-state index contributed by atoms with van der Waals surface area (Å²) in [6.45, 7) is 3.42. The van der Waals surface area contributed by atoms with Gasteiger partial charge in [-0.25, -0.2) is 13.9 Å². The van der Waals surface area contributed by atoms with Crippen molar-refractivity contribution in [1.29, 1.82) is 0 Å². The van der Waals surface area contributed by atoms with E-state index < -0.39 is 23.7 Å². The molecular formula is C23H23F4N5O2. The minimum atomic E-state index is -4.58. The maximum absolute atomic E-state index is 13.4. The summed E-state index contributed by atoms with van der Waals surface area (Å²) in [5.41, 5.74) is 0.532. The number of fused-ring (bicyclic) bond motifs is 1.